The smallest absolute Gasteiger partial charge is 0.244 e. The van der Waals surface area contributed by atoms with Gasteiger partial charge in [-0.15, -0.1) is 0 Å². The Morgan fingerprint density at radius 3 is 1.44 bits per heavy atom. The third kappa shape index (κ3) is 28.4. The molecule has 0 bridgehead atoms. The van der Waals surface area contributed by atoms with Gasteiger partial charge in [-0.05, 0) is 54.7 Å². The van der Waals surface area contributed by atoms with Gasteiger partial charge >= 0.3 is 0 Å². The largest absolute Gasteiger partial charge is 0.338 e. The van der Waals surface area contributed by atoms with Gasteiger partial charge in [0.1, 0.15) is 0 Å². The van der Waals surface area contributed by atoms with E-state index in [0.29, 0.717) is 31.7 Å². The van der Waals surface area contributed by atoms with Gasteiger partial charge in [-0.2, -0.15) is 0 Å². The minimum absolute atomic E-state index is 0.545. The summed E-state index contributed by atoms with van der Waals surface area (Å²) in [6.45, 7) is 13.0. The molecule has 10 heteroatoms. The lowest BCUT2D eigenvalue weighted by atomic mass is 10.0. The quantitative estimate of drug-likeness (QED) is 0.0657. The highest BCUT2D eigenvalue weighted by molar-refractivity contribution is 8.60. The molecular formula is C24H54O4P2S4. The molecule has 1 N–H and O–H groups in total. The van der Waals surface area contributed by atoms with Crippen LogP contribution in [0.2, 0.25) is 0 Å². The van der Waals surface area contributed by atoms with E-state index in [-0.39, 0.29) is 0 Å². The third-order valence-electron chi connectivity index (χ3n) is 5.79. The van der Waals surface area contributed by atoms with Gasteiger partial charge in [0.25, 0.3) is 0 Å². The average Bonchev–Trinajstić information content (AvgIpc) is 2.78. The zero-order valence-corrected chi connectivity index (χ0v) is 27.7. The van der Waals surface area contributed by atoms with Crippen LogP contribution in [0.15, 0.2) is 0 Å². The molecule has 208 valence electrons. The molecule has 0 aromatic heterocycles. The summed E-state index contributed by atoms with van der Waals surface area (Å²) in [6.07, 6.45) is 16.9. The van der Waals surface area contributed by atoms with E-state index >= 15 is 0 Å². The van der Waals surface area contributed by atoms with Crippen molar-refractivity contribution in [1.29, 1.82) is 0 Å². The number of thiol groups is 2. The first-order chi connectivity index (χ1) is 16.0. The lowest BCUT2D eigenvalue weighted by Gasteiger charge is -2.23. The molecule has 0 radical (unpaired) electrons. The van der Waals surface area contributed by atoms with Crippen molar-refractivity contribution in [1.82, 2.24) is 0 Å². The highest BCUT2D eigenvalue weighted by atomic mass is 32.9. The Morgan fingerprint density at radius 2 is 1.06 bits per heavy atom. The fourth-order valence-corrected chi connectivity index (χ4v) is 5.77. The SMILES string of the molecule is CCCCC(CC)COP(=S)(S)OCC(CC)CCCC.CCCCCCCCOP(O)(=S)S. The molecular weight excluding hydrogens is 542 g/mol. The summed E-state index contributed by atoms with van der Waals surface area (Å²) in [5.74, 6) is 1.18. The van der Waals surface area contributed by atoms with Crippen molar-refractivity contribution in [3.63, 3.8) is 0 Å². The van der Waals surface area contributed by atoms with E-state index in [1.807, 2.05) is 0 Å². The zero-order chi connectivity index (χ0) is 26.3. The van der Waals surface area contributed by atoms with Crippen LogP contribution in [0.4, 0.5) is 0 Å². The van der Waals surface area contributed by atoms with E-state index in [2.05, 4.69) is 70.9 Å². The summed E-state index contributed by atoms with van der Waals surface area (Å²) in [4.78, 5) is 9.03. The fraction of sp³-hybridized carbons (Fsp3) is 1.00. The van der Waals surface area contributed by atoms with Crippen LogP contribution < -0.4 is 0 Å². The van der Waals surface area contributed by atoms with Crippen molar-refractivity contribution in [3.8, 4) is 0 Å². The average molecular weight is 597 g/mol. The minimum Gasteiger partial charge on any atom is -0.338 e. The van der Waals surface area contributed by atoms with Crippen LogP contribution in [0, 0.1) is 11.8 Å². The Kier molecular flexibility index (Phi) is 28.1. The molecule has 0 amide bonds. The second-order valence-corrected chi connectivity index (χ2v) is 19.4. The third-order valence-corrected chi connectivity index (χ3v) is 9.25. The van der Waals surface area contributed by atoms with Crippen LogP contribution in [-0.2, 0) is 37.2 Å². The fourth-order valence-electron chi connectivity index (χ4n) is 3.30. The normalized spacial score (nSPS) is 16.7. The monoisotopic (exact) mass is 596 g/mol. The highest BCUT2D eigenvalue weighted by Gasteiger charge is 2.18. The van der Waals surface area contributed by atoms with Crippen LogP contribution in [0.3, 0.4) is 0 Å². The summed E-state index contributed by atoms with van der Waals surface area (Å²) in [5, 5.41) is 0. The molecule has 0 spiro atoms. The highest BCUT2D eigenvalue weighted by Crippen LogP contribution is 2.54. The van der Waals surface area contributed by atoms with E-state index in [1.54, 1.807) is 0 Å². The Bertz CT molecular complexity index is 511. The molecule has 4 nitrogen and oxygen atoms in total. The van der Waals surface area contributed by atoms with E-state index in [1.165, 1.54) is 64.2 Å². The molecule has 3 unspecified atom stereocenters. The van der Waals surface area contributed by atoms with Gasteiger partial charge in [0, 0.05) is 0 Å². The summed E-state index contributed by atoms with van der Waals surface area (Å²) in [7, 11) is 0. The van der Waals surface area contributed by atoms with Gasteiger partial charge < -0.3 is 18.5 Å². The van der Waals surface area contributed by atoms with Crippen LogP contribution in [0.5, 0.6) is 0 Å². The van der Waals surface area contributed by atoms with E-state index in [0.717, 1.165) is 25.7 Å². The molecule has 0 aromatic rings. The summed E-state index contributed by atoms with van der Waals surface area (Å²) < 4.78 is 16.7. The van der Waals surface area contributed by atoms with E-state index in [9.17, 15) is 0 Å². The lowest BCUT2D eigenvalue weighted by molar-refractivity contribution is 0.189. The Balaban J connectivity index is 0. The Labute approximate surface area is 233 Å². The van der Waals surface area contributed by atoms with Crippen LogP contribution >= 0.6 is 35.9 Å². The molecule has 0 aliphatic heterocycles. The molecule has 0 heterocycles. The van der Waals surface area contributed by atoms with Crippen molar-refractivity contribution < 1.29 is 18.5 Å². The van der Waals surface area contributed by atoms with E-state index < -0.39 is 11.4 Å². The van der Waals surface area contributed by atoms with Crippen molar-refractivity contribution in [2.24, 2.45) is 11.8 Å². The Hall–Kier alpha value is 1.84. The van der Waals surface area contributed by atoms with Crippen LogP contribution in [-0.4, -0.2) is 24.7 Å². The number of rotatable bonds is 22. The summed E-state index contributed by atoms with van der Waals surface area (Å²) in [5.41, 5.74) is -5.06. The standard InChI is InChI=1S/C16H35O2PS2.C8H19O2PS2/c1-5-9-11-15(7-3)13-17-19(20,21)18-14-16(8-4)12-10-6-2;1-2-3-4-5-6-7-8-10-11(9,12)13/h15-16H,5-14H2,1-4H3,(H,20,21);2-8H2,1H3,(H2,9,12,13). The maximum atomic E-state index is 9.03. The van der Waals surface area contributed by atoms with Gasteiger partial charge in [-0.3, -0.25) is 0 Å². The lowest BCUT2D eigenvalue weighted by Crippen LogP contribution is -2.10. The van der Waals surface area contributed by atoms with Gasteiger partial charge in [-0.1, -0.05) is 130 Å². The predicted octanol–water partition coefficient (Wildman–Crippen LogP) is 10.1. The first kappa shape index (κ1) is 38.0. The number of hydrogen-bond acceptors (Lipinski definition) is 5. The first-order valence-corrected chi connectivity index (χ1v) is 21.0. The molecule has 0 aliphatic rings. The second-order valence-electron chi connectivity index (χ2n) is 8.98. The minimum atomic E-state index is -2.70. The number of hydrogen-bond donors (Lipinski definition) is 3. The van der Waals surface area contributed by atoms with Crippen molar-refractivity contribution >= 4 is 59.5 Å². The van der Waals surface area contributed by atoms with Crippen molar-refractivity contribution in [2.75, 3.05) is 19.8 Å². The molecule has 0 saturated carbocycles. The predicted molar refractivity (Wildman–Crippen MR) is 167 cm³/mol. The van der Waals surface area contributed by atoms with Gasteiger partial charge in [0.15, 0.2) is 0 Å². The Morgan fingerprint density at radius 1 is 0.647 bits per heavy atom. The van der Waals surface area contributed by atoms with Gasteiger partial charge in [0.05, 0.1) is 19.8 Å². The molecule has 0 aliphatic carbocycles. The summed E-state index contributed by atoms with van der Waals surface area (Å²) in [6, 6.07) is 0. The first-order valence-electron chi connectivity index (χ1n) is 13.4. The van der Waals surface area contributed by atoms with Gasteiger partial charge in [-0.25, -0.2) is 0 Å². The molecule has 0 aromatic carbocycles. The molecule has 0 saturated heterocycles. The van der Waals surface area contributed by atoms with Crippen LogP contribution in [0.1, 0.15) is 125 Å². The second kappa shape index (κ2) is 25.1. The van der Waals surface area contributed by atoms with Crippen molar-refractivity contribution in [3.05, 3.63) is 0 Å². The maximum absolute atomic E-state index is 9.03. The zero-order valence-electron chi connectivity index (χ0n) is 22.5. The van der Waals surface area contributed by atoms with Gasteiger partial charge in [0.2, 0.25) is 11.4 Å². The van der Waals surface area contributed by atoms with E-state index in [4.69, 9.17) is 30.3 Å². The molecule has 34 heavy (non-hydrogen) atoms. The topological polar surface area (TPSA) is 47.9 Å². The molecule has 0 fully saturated rings. The number of unbranched alkanes of at least 4 members (excludes halogenated alkanes) is 7. The molecule has 3 atom stereocenters. The molecule has 0 rings (SSSR count). The maximum Gasteiger partial charge on any atom is 0.244 e. The van der Waals surface area contributed by atoms with Crippen molar-refractivity contribution in [2.45, 2.75) is 125 Å². The summed E-state index contributed by atoms with van der Waals surface area (Å²) >= 11 is 18.3. The van der Waals surface area contributed by atoms with Crippen LogP contribution in [0.25, 0.3) is 0 Å².